The Morgan fingerprint density at radius 3 is 1.92 bits per heavy atom. The summed E-state index contributed by atoms with van der Waals surface area (Å²) in [4.78, 5) is 24.7. The molecule has 3 nitrogen and oxygen atoms in total. The molecular weight excluding hydrogens is 166 g/mol. The summed E-state index contributed by atoms with van der Waals surface area (Å²) in [7, 11) is 0. The second kappa shape index (κ2) is 3.48. The minimum Gasteiger partial charge on any atom is -0.279 e. The maximum Gasteiger partial charge on any atom is 0.233 e. The maximum absolute atomic E-state index is 11.6. The van der Waals surface area contributed by atoms with Gasteiger partial charge in [-0.1, -0.05) is 20.8 Å². The van der Waals surface area contributed by atoms with Crippen LogP contribution in [0.3, 0.4) is 0 Å². The molecule has 74 valence electrons. The van der Waals surface area contributed by atoms with Crippen LogP contribution in [-0.2, 0) is 9.59 Å². The van der Waals surface area contributed by atoms with Gasteiger partial charge in [0, 0.05) is 17.9 Å². The molecule has 0 spiro atoms. The molecule has 0 aromatic heterocycles. The van der Waals surface area contributed by atoms with E-state index in [9.17, 15) is 9.59 Å². The van der Waals surface area contributed by atoms with Crippen molar-refractivity contribution in [3.05, 3.63) is 0 Å². The minimum absolute atomic E-state index is 0.00755. The highest BCUT2D eigenvalue weighted by molar-refractivity contribution is 6.04. The van der Waals surface area contributed by atoms with Crippen LogP contribution >= 0.6 is 0 Å². The number of likely N-dealkylation sites (tertiary alicyclic amines) is 1. The molecule has 0 radical (unpaired) electrons. The van der Waals surface area contributed by atoms with E-state index in [-0.39, 0.29) is 29.7 Å². The average molecular weight is 183 g/mol. The van der Waals surface area contributed by atoms with Gasteiger partial charge in [0.15, 0.2) is 0 Å². The van der Waals surface area contributed by atoms with Gasteiger partial charge in [-0.2, -0.15) is 0 Å². The highest BCUT2D eigenvalue weighted by Gasteiger charge is 2.43. The summed E-state index contributed by atoms with van der Waals surface area (Å²) in [6, 6.07) is 0.0485. The molecule has 0 aromatic rings. The van der Waals surface area contributed by atoms with Crippen LogP contribution in [0.4, 0.5) is 0 Å². The quantitative estimate of drug-likeness (QED) is 0.607. The first kappa shape index (κ1) is 10.2. The van der Waals surface area contributed by atoms with Crippen LogP contribution in [0, 0.1) is 11.8 Å². The van der Waals surface area contributed by atoms with Crippen molar-refractivity contribution in [1.29, 1.82) is 0 Å². The molecule has 1 fully saturated rings. The van der Waals surface area contributed by atoms with Gasteiger partial charge in [-0.3, -0.25) is 14.5 Å². The Balaban J connectivity index is 2.87. The normalized spacial score (nSPS) is 31.2. The predicted octanol–water partition coefficient (Wildman–Crippen LogP) is 1.43. The fraction of sp³-hybridized carbons (Fsp3) is 0.800. The zero-order valence-corrected chi connectivity index (χ0v) is 8.70. The lowest BCUT2D eigenvalue weighted by Crippen LogP contribution is -2.38. The molecule has 1 heterocycles. The third kappa shape index (κ3) is 1.47. The fourth-order valence-corrected chi connectivity index (χ4v) is 1.59. The van der Waals surface area contributed by atoms with E-state index in [1.807, 2.05) is 27.7 Å². The summed E-state index contributed by atoms with van der Waals surface area (Å²) in [6.45, 7) is 7.56. The summed E-state index contributed by atoms with van der Waals surface area (Å²) in [5.74, 6) is -0.290. The first-order valence-electron chi connectivity index (χ1n) is 4.87. The smallest absolute Gasteiger partial charge is 0.233 e. The molecule has 1 aliphatic rings. The first-order valence-corrected chi connectivity index (χ1v) is 4.87. The van der Waals surface area contributed by atoms with Crippen molar-refractivity contribution >= 4 is 11.8 Å². The summed E-state index contributed by atoms with van der Waals surface area (Å²) in [5, 5.41) is 0. The Morgan fingerprint density at radius 2 is 1.62 bits per heavy atom. The van der Waals surface area contributed by atoms with Gasteiger partial charge >= 0.3 is 0 Å². The fourth-order valence-electron chi connectivity index (χ4n) is 1.59. The van der Waals surface area contributed by atoms with Crippen LogP contribution < -0.4 is 0 Å². The van der Waals surface area contributed by atoms with Crippen molar-refractivity contribution in [3.8, 4) is 0 Å². The zero-order chi connectivity index (χ0) is 10.2. The zero-order valence-electron chi connectivity index (χ0n) is 8.70. The molecular formula is C10H17NO2. The van der Waals surface area contributed by atoms with E-state index in [4.69, 9.17) is 0 Å². The Kier molecular flexibility index (Phi) is 2.74. The van der Waals surface area contributed by atoms with Gasteiger partial charge in [0.2, 0.25) is 11.8 Å². The van der Waals surface area contributed by atoms with Crippen LogP contribution in [0.15, 0.2) is 0 Å². The molecule has 3 heteroatoms. The number of imide groups is 1. The molecule has 2 amide bonds. The van der Waals surface area contributed by atoms with E-state index < -0.39 is 0 Å². The summed E-state index contributed by atoms with van der Waals surface area (Å²) < 4.78 is 0. The lowest BCUT2D eigenvalue weighted by Gasteiger charge is -2.21. The maximum atomic E-state index is 11.6. The molecule has 1 saturated heterocycles. The Labute approximate surface area is 79.1 Å². The van der Waals surface area contributed by atoms with Gasteiger partial charge in [-0.05, 0) is 13.3 Å². The van der Waals surface area contributed by atoms with Crippen molar-refractivity contribution in [2.75, 3.05) is 0 Å². The summed E-state index contributed by atoms with van der Waals surface area (Å²) in [6.07, 6.45) is 0.830. The monoisotopic (exact) mass is 183 g/mol. The molecule has 13 heavy (non-hydrogen) atoms. The molecule has 3 atom stereocenters. The van der Waals surface area contributed by atoms with Gasteiger partial charge in [-0.25, -0.2) is 0 Å². The van der Waals surface area contributed by atoms with Crippen molar-refractivity contribution in [1.82, 2.24) is 4.90 Å². The second-order valence-corrected chi connectivity index (χ2v) is 3.88. The Bertz CT molecular complexity index is 217. The topological polar surface area (TPSA) is 37.4 Å². The van der Waals surface area contributed by atoms with Crippen LogP contribution in [0.2, 0.25) is 0 Å². The highest BCUT2D eigenvalue weighted by Crippen LogP contribution is 2.27. The van der Waals surface area contributed by atoms with E-state index in [1.165, 1.54) is 4.90 Å². The van der Waals surface area contributed by atoms with Crippen LogP contribution in [0.1, 0.15) is 34.1 Å². The third-order valence-electron chi connectivity index (χ3n) is 3.04. The molecule has 0 saturated carbocycles. The van der Waals surface area contributed by atoms with Gasteiger partial charge in [0.1, 0.15) is 0 Å². The largest absolute Gasteiger partial charge is 0.279 e. The van der Waals surface area contributed by atoms with Crippen LogP contribution in [-0.4, -0.2) is 22.8 Å². The molecule has 0 aromatic carbocycles. The molecule has 0 N–H and O–H groups in total. The van der Waals surface area contributed by atoms with Crippen molar-refractivity contribution in [2.24, 2.45) is 11.8 Å². The van der Waals surface area contributed by atoms with Crippen molar-refractivity contribution in [3.63, 3.8) is 0 Å². The summed E-state index contributed by atoms with van der Waals surface area (Å²) in [5.41, 5.74) is 0. The lowest BCUT2D eigenvalue weighted by atomic mass is 10.00. The van der Waals surface area contributed by atoms with E-state index >= 15 is 0 Å². The molecule has 1 rings (SSSR count). The third-order valence-corrected chi connectivity index (χ3v) is 3.04. The van der Waals surface area contributed by atoms with Crippen LogP contribution in [0.25, 0.3) is 0 Å². The van der Waals surface area contributed by atoms with E-state index in [1.54, 1.807) is 0 Å². The number of nitrogens with zero attached hydrogens (tertiary/aromatic N) is 1. The van der Waals surface area contributed by atoms with Crippen molar-refractivity contribution < 1.29 is 9.59 Å². The van der Waals surface area contributed by atoms with Crippen LogP contribution in [0.5, 0.6) is 0 Å². The van der Waals surface area contributed by atoms with Gasteiger partial charge in [-0.15, -0.1) is 0 Å². The second-order valence-electron chi connectivity index (χ2n) is 3.88. The van der Waals surface area contributed by atoms with Gasteiger partial charge < -0.3 is 0 Å². The lowest BCUT2D eigenvalue weighted by molar-refractivity contribution is -0.142. The van der Waals surface area contributed by atoms with Crippen molar-refractivity contribution in [2.45, 2.75) is 40.2 Å². The van der Waals surface area contributed by atoms with Gasteiger partial charge in [0.05, 0.1) is 0 Å². The number of amides is 2. The number of hydrogen-bond donors (Lipinski definition) is 0. The number of hydrogen-bond acceptors (Lipinski definition) is 2. The minimum atomic E-state index is -0.138. The van der Waals surface area contributed by atoms with E-state index in [2.05, 4.69) is 0 Å². The molecule has 1 aliphatic heterocycles. The molecule has 0 bridgehead atoms. The number of rotatable bonds is 2. The Morgan fingerprint density at radius 1 is 1.23 bits per heavy atom. The Hall–Kier alpha value is -0.860. The highest BCUT2D eigenvalue weighted by atomic mass is 16.2. The first-order chi connectivity index (χ1) is 6.00. The number of carbonyl (C=O) groups is 2. The summed E-state index contributed by atoms with van der Waals surface area (Å²) >= 11 is 0. The van der Waals surface area contributed by atoms with Gasteiger partial charge in [0.25, 0.3) is 0 Å². The molecule has 3 unspecified atom stereocenters. The number of carbonyl (C=O) groups excluding carboxylic acids is 2. The SMILES string of the molecule is CCC(C)N1C(=O)C(C)C(C)C1=O. The predicted molar refractivity (Wildman–Crippen MR) is 49.9 cm³/mol. The van der Waals surface area contributed by atoms with E-state index in [0.29, 0.717) is 0 Å². The average Bonchev–Trinajstić information content (AvgIpc) is 2.30. The molecule has 0 aliphatic carbocycles. The standard InChI is InChI=1S/C10H17NO2/c1-5-6(2)11-9(12)7(3)8(4)10(11)13/h6-8H,5H2,1-4H3. The van der Waals surface area contributed by atoms with E-state index in [0.717, 1.165) is 6.42 Å².